The van der Waals surface area contributed by atoms with Crippen molar-refractivity contribution in [3.8, 4) is 0 Å². The van der Waals surface area contributed by atoms with Gasteiger partial charge in [0.15, 0.2) is 0 Å². The first kappa shape index (κ1) is 12.6. The number of piperazine rings is 1. The van der Waals surface area contributed by atoms with E-state index in [1.807, 2.05) is 11.9 Å². The van der Waals surface area contributed by atoms with Crippen LogP contribution in [-0.2, 0) is 0 Å². The number of rotatable bonds is 3. The van der Waals surface area contributed by atoms with Crippen LogP contribution in [0.3, 0.4) is 0 Å². The molecule has 17 heavy (non-hydrogen) atoms. The fourth-order valence-electron chi connectivity index (χ4n) is 2.71. The zero-order valence-electron chi connectivity index (χ0n) is 11.2. The quantitative estimate of drug-likeness (QED) is 0.757. The summed E-state index contributed by atoms with van der Waals surface area (Å²) in [5.41, 5.74) is -0.0703. The lowest BCUT2D eigenvalue weighted by Crippen LogP contribution is -2.56. The third kappa shape index (κ3) is 2.72. The topological polar surface area (TPSA) is 38.8 Å². The zero-order chi connectivity index (χ0) is 12.5. The first-order valence-corrected chi connectivity index (χ1v) is 6.46. The Morgan fingerprint density at radius 3 is 2.35 bits per heavy atom. The van der Waals surface area contributed by atoms with E-state index < -0.39 is 0 Å². The molecule has 0 atom stereocenters. The molecule has 2 amide bonds. The van der Waals surface area contributed by atoms with E-state index in [9.17, 15) is 4.79 Å². The van der Waals surface area contributed by atoms with Crippen LogP contribution >= 0.6 is 0 Å². The number of hydrogen-bond acceptors (Lipinski definition) is 3. The molecule has 1 N–H and O–H groups in total. The van der Waals surface area contributed by atoms with Gasteiger partial charge in [0, 0.05) is 52.9 Å². The third-order valence-electron chi connectivity index (χ3n) is 3.77. The van der Waals surface area contributed by atoms with E-state index in [1.54, 1.807) is 4.90 Å². The van der Waals surface area contributed by atoms with Gasteiger partial charge in [-0.05, 0) is 13.8 Å². The highest BCUT2D eigenvalue weighted by Crippen LogP contribution is 2.21. The Morgan fingerprint density at radius 1 is 1.18 bits per heavy atom. The summed E-state index contributed by atoms with van der Waals surface area (Å²) in [7, 11) is 1.88. The summed E-state index contributed by atoms with van der Waals surface area (Å²) in [4.78, 5) is 18.3. The van der Waals surface area contributed by atoms with Gasteiger partial charge >= 0.3 is 6.03 Å². The van der Waals surface area contributed by atoms with Crippen LogP contribution in [-0.4, -0.2) is 79.1 Å². The maximum absolute atomic E-state index is 12.0. The van der Waals surface area contributed by atoms with Crippen molar-refractivity contribution >= 4 is 6.03 Å². The van der Waals surface area contributed by atoms with E-state index in [2.05, 4.69) is 24.1 Å². The Labute approximate surface area is 104 Å². The number of hydrogen-bond donors (Lipinski definition) is 1. The van der Waals surface area contributed by atoms with E-state index in [0.717, 1.165) is 45.8 Å². The van der Waals surface area contributed by atoms with Crippen LogP contribution in [0.2, 0.25) is 0 Å². The van der Waals surface area contributed by atoms with Crippen LogP contribution in [0.1, 0.15) is 13.8 Å². The molecule has 98 valence electrons. The first-order valence-electron chi connectivity index (χ1n) is 6.46. The van der Waals surface area contributed by atoms with Gasteiger partial charge in [0.2, 0.25) is 0 Å². The summed E-state index contributed by atoms with van der Waals surface area (Å²) in [5.74, 6) is 0. The SMILES string of the molecule is CN1CCN(C(C)(C)CN2CCNCC2)C1=O. The lowest BCUT2D eigenvalue weighted by Gasteiger charge is -2.40. The number of urea groups is 1. The third-order valence-corrected chi connectivity index (χ3v) is 3.77. The van der Waals surface area contributed by atoms with Gasteiger partial charge in [-0.3, -0.25) is 4.90 Å². The van der Waals surface area contributed by atoms with Crippen LogP contribution in [0.5, 0.6) is 0 Å². The van der Waals surface area contributed by atoms with Crippen LogP contribution in [0.4, 0.5) is 4.79 Å². The second-order valence-corrected chi connectivity index (χ2v) is 5.69. The maximum Gasteiger partial charge on any atom is 0.320 e. The average molecular weight is 240 g/mol. The minimum absolute atomic E-state index is 0.0703. The summed E-state index contributed by atoms with van der Waals surface area (Å²) in [6.07, 6.45) is 0. The van der Waals surface area contributed by atoms with Gasteiger partial charge in [-0.2, -0.15) is 0 Å². The number of amides is 2. The number of carbonyl (C=O) groups excluding carboxylic acids is 1. The van der Waals surface area contributed by atoms with Crippen molar-refractivity contribution < 1.29 is 4.79 Å². The molecule has 2 heterocycles. The molecule has 0 saturated carbocycles. The Bertz CT molecular complexity index is 286. The number of nitrogens with one attached hydrogen (secondary N) is 1. The van der Waals surface area contributed by atoms with Gasteiger partial charge in [0.05, 0.1) is 5.54 Å². The predicted molar refractivity (Wildman–Crippen MR) is 68.1 cm³/mol. The van der Waals surface area contributed by atoms with Crippen molar-refractivity contribution in [2.24, 2.45) is 0 Å². The molecule has 5 nitrogen and oxygen atoms in total. The molecule has 0 radical (unpaired) electrons. The van der Waals surface area contributed by atoms with E-state index >= 15 is 0 Å². The molecule has 2 rings (SSSR count). The molecule has 2 aliphatic heterocycles. The van der Waals surface area contributed by atoms with Crippen molar-refractivity contribution in [3.05, 3.63) is 0 Å². The standard InChI is InChI=1S/C12H24N4O/c1-12(2,10-15-6-4-13-5-7-15)16-9-8-14(3)11(16)17/h13H,4-10H2,1-3H3. The van der Waals surface area contributed by atoms with Crippen molar-refractivity contribution in [2.75, 3.05) is 52.9 Å². The highest BCUT2D eigenvalue weighted by atomic mass is 16.2. The molecule has 0 spiro atoms. The Hall–Kier alpha value is -0.810. The largest absolute Gasteiger partial charge is 0.326 e. The second-order valence-electron chi connectivity index (χ2n) is 5.69. The summed E-state index contributed by atoms with van der Waals surface area (Å²) >= 11 is 0. The Morgan fingerprint density at radius 2 is 1.82 bits per heavy atom. The summed E-state index contributed by atoms with van der Waals surface area (Å²) in [6, 6.07) is 0.171. The Balaban J connectivity index is 1.95. The van der Waals surface area contributed by atoms with Crippen molar-refractivity contribution in [2.45, 2.75) is 19.4 Å². The molecular formula is C12H24N4O. The van der Waals surface area contributed by atoms with Crippen LogP contribution in [0.25, 0.3) is 0 Å². The monoisotopic (exact) mass is 240 g/mol. The highest BCUT2D eigenvalue weighted by molar-refractivity contribution is 5.77. The summed E-state index contributed by atoms with van der Waals surface area (Å²) in [6.45, 7) is 11.3. The van der Waals surface area contributed by atoms with Crippen LogP contribution in [0.15, 0.2) is 0 Å². The summed E-state index contributed by atoms with van der Waals surface area (Å²) < 4.78 is 0. The van der Waals surface area contributed by atoms with Gasteiger partial charge in [-0.1, -0.05) is 0 Å². The fraction of sp³-hybridized carbons (Fsp3) is 0.917. The molecule has 5 heteroatoms. The molecule has 0 unspecified atom stereocenters. The van der Waals surface area contributed by atoms with Crippen molar-refractivity contribution in [1.82, 2.24) is 20.0 Å². The van der Waals surface area contributed by atoms with Gasteiger partial charge in [-0.25, -0.2) is 4.79 Å². The average Bonchev–Trinajstić information content (AvgIpc) is 2.61. The zero-order valence-corrected chi connectivity index (χ0v) is 11.2. The predicted octanol–water partition coefficient (Wildman–Crippen LogP) is 0.0376. The van der Waals surface area contributed by atoms with Gasteiger partial charge in [0.1, 0.15) is 0 Å². The molecule has 0 bridgehead atoms. The molecule has 0 aliphatic carbocycles. The lowest BCUT2D eigenvalue weighted by molar-refractivity contribution is 0.102. The number of nitrogens with zero attached hydrogens (tertiary/aromatic N) is 3. The lowest BCUT2D eigenvalue weighted by atomic mass is 10.0. The molecule has 0 aromatic carbocycles. The molecule has 0 aromatic rings. The maximum atomic E-state index is 12.0. The van der Waals surface area contributed by atoms with Crippen LogP contribution in [0, 0.1) is 0 Å². The first-order chi connectivity index (χ1) is 8.00. The Kier molecular flexibility index (Phi) is 3.58. The van der Waals surface area contributed by atoms with E-state index in [1.165, 1.54) is 0 Å². The second kappa shape index (κ2) is 4.82. The highest BCUT2D eigenvalue weighted by Gasteiger charge is 2.37. The molecule has 2 aliphatic rings. The normalized spacial score (nSPS) is 23.6. The van der Waals surface area contributed by atoms with E-state index in [0.29, 0.717) is 0 Å². The molecular weight excluding hydrogens is 216 g/mol. The summed E-state index contributed by atoms with van der Waals surface area (Å²) in [5, 5.41) is 3.36. The van der Waals surface area contributed by atoms with E-state index in [-0.39, 0.29) is 11.6 Å². The van der Waals surface area contributed by atoms with Gasteiger partial charge in [0.25, 0.3) is 0 Å². The van der Waals surface area contributed by atoms with E-state index in [4.69, 9.17) is 0 Å². The van der Waals surface area contributed by atoms with Crippen molar-refractivity contribution in [1.29, 1.82) is 0 Å². The molecule has 0 aromatic heterocycles. The minimum Gasteiger partial charge on any atom is -0.326 e. The molecule has 2 saturated heterocycles. The minimum atomic E-state index is -0.0703. The number of likely N-dealkylation sites (N-methyl/N-ethyl adjacent to an activating group) is 1. The molecule has 2 fully saturated rings. The van der Waals surface area contributed by atoms with Gasteiger partial charge in [-0.15, -0.1) is 0 Å². The number of carbonyl (C=O) groups is 1. The fourth-order valence-corrected chi connectivity index (χ4v) is 2.71. The van der Waals surface area contributed by atoms with Crippen molar-refractivity contribution in [3.63, 3.8) is 0 Å². The van der Waals surface area contributed by atoms with Gasteiger partial charge < -0.3 is 15.1 Å². The smallest absolute Gasteiger partial charge is 0.320 e. The van der Waals surface area contributed by atoms with Crippen LogP contribution < -0.4 is 5.32 Å².